The molecule has 108 valence electrons. The molecule has 0 aromatic heterocycles. The van der Waals surface area contributed by atoms with Crippen LogP contribution in [0.15, 0.2) is 0 Å². The zero-order valence-corrected chi connectivity index (χ0v) is 13.1. The van der Waals surface area contributed by atoms with Gasteiger partial charge >= 0.3 is 0 Å². The van der Waals surface area contributed by atoms with Crippen molar-refractivity contribution in [2.45, 2.75) is 65.1 Å². The second kappa shape index (κ2) is 8.13. The van der Waals surface area contributed by atoms with Crippen LogP contribution < -0.4 is 5.32 Å². The highest BCUT2D eigenvalue weighted by atomic mass is 15.2. The molecule has 3 nitrogen and oxygen atoms in total. The van der Waals surface area contributed by atoms with Crippen molar-refractivity contribution in [3.8, 4) is 0 Å². The lowest BCUT2D eigenvalue weighted by molar-refractivity contribution is 0.0950. The van der Waals surface area contributed by atoms with Crippen LogP contribution in [0.3, 0.4) is 0 Å². The van der Waals surface area contributed by atoms with Gasteiger partial charge in [0.1, 0.15) is 0 Å². The van der Waals surface area contributed by atoms with Crippen LogP contribution in [0.2, 0.25) is 0 Å². The van der Waals surface area contributed by atoms with Crippen LogP contribution in [0.1, 0.15) is 47.0 Å². The van der Waals surface area contributed by atoms with Crippen LogP contribution in [0, 0.1) is 0 Å². The van der Waals surface area contributed by atoms with Crippen LogP contribution >= 0.6 is 0 Å². The van der Waals surface area contributed by atoms with Crippen LogP contribution in [0.4, 0.5) is 0 Å². The van der Waals surface area contributed by atoms with Gasteiger partial charge in [-0.05, 0) is 45.9 Å². The normalized spacial score (nSPS) is 20.8. The first-order valence-corrected chi connectivity index (χ1v) is 7.76. The Kier molecular flexibility index (Phi) is 7.20. The molecular formula is C15H33N3. The third-order valence-electron chi connectivity index (χ3n) is 4.39. The average Bonchev–Trinajstić information content (AvgIpc) is 2.39. The molecule has 18 heavy (non-hydrogen) atoms. The predicted molar refractivity (Wildman–Crippen MR) is 80.1 cm³/mol. The van der Waals surface area contributed by atoms with Gasteiger partial charge in [0.25, 0.3) is 0 Å². The standard InChI is InChI=1S/C15H33N3/c1-6-14(12-16-13(3)4)17(5)15-8-10-18(7-2)11-9-15/h13-16H,6-12H2,1-5H3. The minimum absolute atomic E-state index is 0.592. The molecule has 0 aromatic carbocycles. The number of piperidine rings is 1. The number of likely N-dealkylation sites (N-methyl/N-ethyl adjacent to an activating group) is 1. The quantitative estimate of drug-likeness (QED) is 0.752. The Balaban J connectivity index is 2.39. The Morgan fingerprint density at radius 2 is 1.83 bits per heavy atom. The molecule has 1 aliphatic heterocycles. The van der Waals surface area contributed by atoms with E-state index in [1.165, 1.54) is 38.9 Å². The van der Waals surface area contributed by atoms with Gasteiger partial charge in [-0.2, -0.15) is 0 Å². The number of hydrogen-bond acceptors (Lipinski definition) is 3. The molecule has 0 spiro atoms. The highest BCUT2D eigenvalue weighted by Crippen LogP contribution is 2.18. The van der Waals surface area contributed by atoms with E-state index >= 15 is 0 Å². The molecule has 1 N–H and O–H groups in total. The van der Waals surface area contributed by atoms with Gasteiger partial charge in [-0.25, -0.2) is 0 Å². The molecule has 1 unspecified atom stereocenters. The van der Waals surface area contributed by atoms with Crippen molar-refractivity contribution in [1.82, 2.24) is 15.1 Å². The first kappa shape index (κ1) is 15.9. The lowest BCUT2D eigenvalue weighted by atomic mass is 10.0. The third-order valence-corrected chi connectivity index (χ3v) is 4.39. The van der Waals surface area contributed by atoms with Gasteiger partial charge in [0, 0.05) is 24.7 Å². The highest BCUT2D eigenvalue weighted by molar-refractivity contribution is 4.82. The summed E-state index contributed by atoms with van der Waals surface area (Å²) >= 11 is 0. The van der Waals surface area contributed by atoms with Crippen LogP contribution in [-0.2, 0) is 0 Å². The Labute approximate surface area is 114 Å². The van der Waals surface area contributed by atoms with Crippen molar-refractivity contribution in [3.63, 3.8) is 0 Å². The molecule has 0 aliphatic carbocycles. The molecular weight excluding hydrogens is 222 g/mol. The van der Waals surface area contributed by atoms with Gasteiger partial charge in [0.15, 0.2) is 0 Å². The second-order valence-electron chi connectivity index (χ2n) is 5.96. The van der Waals surface area contributed by atoms with E-state index in [0.29, 0.717) is 12.1 Å². The minimum atomic E-state index is 0.592. The number of likely N-dealkylation sites (tertiary alicyclic amines) is 1. The summed E-state index contributed by atoms with van der Waals surface area (Å²) in [5.74, 6) is 0. The molecule has 3 heteroatoms. The third kappa shape index (κ3) is 4.87. The van der Waals surface area contributed by atoms with Crippen molar-refractivity contribution in [1.29, 1.82) is 0 Å². The smallest absolute Gasteiger partial charge is 0.0218 e. The maximum absolute atomic E-state index is 3.58. The monoisotopic (exact) mass is 255 g/mol. The lowest BCUT2D eigenvalue weighted by Crippen LogP contribution is -2.50. The van der Waals surface area contributed by atoms with Crippen molar-refractivity contribution in [2.24, 2.45) is 0 Å². The number of hydrogen-bond donors (Lipinski definition) is 1. The summed E-state index contributed by atoms with van der Waals surface area (Å²) in [6.07, 6.45) is 3.91. The van der Waals surface area contributed by atoms with E-state index in [-0.39, 0.29) is 0 Å². The summed E-state index contributed by atoms with van der Waals surface area (Å²) in [5, 5.41) is 3.58. The van der Waals surface area contributed by atoms with Crippen LogP contribution in [0.25, 0.3) is 0 Å². The van der Waals surface area contributed by atoms with Gasteiger partial charge < -0.3 is 10.2 Å². The van der Waals surface area contributed by atoms with E-state index in [9.17, 15) is 0 Å². The molecule has 1 saturated heterocycles. The van der Waals surface area contributed by atoms with Crippen LogP contribution in [-0.4, -0.2) is 61.2 Å². The summed E-state index contributed by atoms with van der Waals surface area (Å²) < 4.78 is 0. The Hall–Kier alpha value is -0.120. The largest absolute Gasteiger partial charge is 0.313 e. The first-order chi connectivity index (χ1) is 8.58. The number of rotatable bonds is 7. The molecule has 1 atom stereocenters. The summed E-state index contributed by atoms with van der Waals surface area (Å²) in [6.45, 7) is 13.9. The van der Waals surface area contributed by atoms with E-state index in [0.717, 1.165) is 12.6 Å². The van der Waals surface area contributed by atoms with Gasteiger partial charge in [-0.3, -0.25) is 4.90 Å². The maximum atomic E-state index is 3.58. The molecule has 0 saturated carbocycles. The first-order valence-electron chi connectivity index (χ1n) is 7.76. The zero-order valence-electron chi connectivity index (χ0n) is 13.1. The zero-order chi connectivity index (χ0) is 13.5. The molecule has 0 bridgehead atoms. The van der Waals surface area contributed by atoms with Crippen molar-refractivity contribution in [3.05, 3.63) is 0 Å². The Bertz CT molecular complexity index is 210. The highest BCUT2D eigenvalue weighted by Gasteiger charge is 2.25. The number of nitrogens with one attached hydrogen (secondary N) is 1. The predicted octanol–water partition coefficient (Wildman–Crippen LogP) is 2.18. The Morgan fingerprint density at radius 1 is 1.22 bits per heavy atom. The van der Waals surface area contributed by atoms with Gasteiger partial charge in [0.2, 0.25) is 0 Å². The Morgan fingerprint density at radius 3 is 2.28 bits per heavy atom. The van der Waals surface area contributed by atoms with Gasteiger partial charge in [-0.1, -0.05) is 27.7 Å². The van der Waals surface area contributed by atoms with Crippen molar-refractivity contribution in [2.75, 3.05) is 33.2 Å². The summed E-state index contributed by atoms with van der Waals surface area (Å²) in [6, 6.07) is 2.06. The molecule has 0 radical (unpaired) electrons. The van der Waals surface area contributed by atoms with E-state index in [4.69, 9.17) is 0 Å². The molecule has 1 fully saturated rings. The van der Waals surface area contributed by atoms with E-state index in [1.54, 1.807) is 0 Å². The molecule has 1 rings (SSSR count). The second-order valence-corrected chi connectivity index (χ2v) is 5.96. The molecule has 0 aromatic rings. The van der Waals surface area contributed by atoms with E-state index in [2.05, 4.69) is 49.9 Å². The fraction of sp³-hybridized carbons (Fsp3) is 1.00. The minimum Gasteiger partial charge on any atom is -0.313 e. The number of nitrogens with zero attached hydrogens (tertiary/aromatic N) is 2. The average molecular weight is 255 g/mol. The summed E-state index contributed by atoms with van der Waals surface area (Å²) in [4.78, 5) is 5.19. The lowest BCUT2D eigenvalue weighted by Gasteiger charge is -2.40. The maximum Gasteiger partial charge on any atom is 0.0218 e. The summed E-state index contributed by atoms with van der Waals surface area (Å²) in [7, 11) is 2.32. The topological polar surface area (TPSA) is 18.5 Å². The van der Waals surface area contributed by atoms with E-state index < -0.39 is 0 Å². The van der Waals surface area contributed by atoms with Crippen molar-refractivity contribution < 1.29 is 0 Å². The fourth-order valence-corrected chi connectivity index (χ4v) is 2.89. The van der Waals surface area contributed by atoms with Crippen LogP contribution in [0.5, 0.6) is 0 Å². The SMILES string of the molecule is CCC(CNC(C)C)N(C)C1CCN(CC)CC1. The molecule has 1 aliphatic rings. The molecule has 1 heterocycles. The molecule has 0 amide bonds. The van der Waals surface area contributed by atoms with Crippen molar-refractivity contribution >= 4 is 0 Å². The van der Waals surface area contributed by atoms with E-state index in [1.807, 2.05) is 0 Å². The van der Waals surface area contributed by atoms with Gasteiger partial charge in [0.05, 0.1) is 0 Å². The summed E-state index contributed by atoms with van der Waals surface area (Å²) in [5.41, 5.74) is 0. The van der Waals surface area contributed by atoms with Gasteiger partial charge in [-0.15, -0.1) is 0 Å². The fourth-order valence-electron chi connectivity index (χ4n) is 2.89.